The van der Waals surface area contributed by atoms with E-state index in [9.17, 15) is 4.79 Å². The van der Waals surface area contributed by atoms with Gasteiger partial charge in [-0.15, -0.1) is 0 Å². The number of nitrogens with two attached hydrogens (primary N) is 2. The number of rotatable bonds is 7. The summed E-state index contributed by atoms with van der Waals surface area (Å²) < 4.78 is 5.09. The zero-order valence-corrected chi connectivity index (χ0v) is 11.8. The molecule has 0 aliphatic carbocycles. The van der Waals surface area contributed by atoms with E-state index in [0.717, 1.165) is 25.3 Å². The molecule has 0 saturated carbocycles. The third-order valence-electron chi connectivity index (χ3n) is 3.07. The average molecular weight is 265 g/mol. The smallest absolute Gasteiger partial charge is 0.250 e. The van der Waals surface area contributed by atoms with Crippen molar-refractivity contribution in [2.45, 2.75) is 20.3 Å². The van der Waals surface area contributed by atoms with Crippen LogP contribution >= 0.6 is 0 Å². The van der Waals surface area contributed by atoms with Crippen LogP contribution in [0.4, 0.5) is 11.4 Å². The highest BCUT2D eigenvalue weighted by Gasteiger charge is 2.17. The summed E-state index contributed by atoms with van der Waals surface area (Å²) in [6.45, 7) is 5.82. The van der Waals surface area contributed by atoms with Gasteiger partial charge in [-0.05, 0) is 30.0 Å². The number of ether oxygens (including phenoxy) is 1. The zero-order chi connectivity index (χ0) is 14.5. The molecule has 0 radical (unpaired) electrons. The Kier molecular flexibility index (Phi) is 5.18. The van der Waals surface area contributed by atoms with Crippen LogP contribution in [0.2, 0.25) is 0 Å². The Balaban J connectivity index is 2.68. The Hall–Kier alpha value is -1.75. The van der Waals surface area contributed by atoms with Crippen LogP contribution in [0.1, 0.15) is 30.6 Å². The van der Waals surface area contributed by atoms with E-state index in [4.69, 9.17) is 16.2 Å². The van der Waals surface area contributed by atoms with Crippen molar-refractivity contribution >= 4 is 17.3 Å². The van der Waals surface area contributed by atoms with Crippen LogP contribution in [0.3, 0.4) is 0 Å². The van der Waals surface area contributed by atoms with Gasteiger partial charge in [-0.2, -0.15) is 0 Å². The maximum atomic E-state index is 11.2. The number of hydrogen-bond acceptors (Lipinski definition) is 4. The Labute approximate surface area is 114 Å². The number of methoxy groups -OCH3 is 1. The highest BCUT2D eigenvalue weighted by Crippen LogP contribution is 2.23. The standard InChI is InChI=1S/C14H23N3O2/c1-14(2,6-7-19-3)9-17-10-4-5-12(15)11(8-10)13(16)18/h4-5,8,17H,6-7,9,15H2,1-3H3,(H2,16,18). The highest BCUT2D eigenvalue weighted by atomic mass is 16.5. The largest absolute Gasteiger partial charge is 0.398 e. The van der Waals surface area contributed by atoms with E-state index < -0.39 is 5.91 Å². The Morgan fingerprint density at radius 2 is 2.11 bits per heavy atom. The van der Waals surface area contributed by atoms with E-state index >= 15 is 0 Å². The number of nitrogens with one attached hydrogen (secondary N) is 1. The molecule has 0 aliphatic rings. The first-order valence-corrected chi connectivity index (χ1v) is 6.28. The second kappa shape index (κ2) is 6.43. The van der Waals surface area contributed by atoms with Crippen LogP contribution < -0.4 is 16.8 Å². The normalized spacial score (nSPS) is 11.3. The van der Waals surface area contributed by atoms with Crippen LogP contribution in [0.25, 0.3) is 0 Å². The molecular weight excluding hydrogens is 242 g/mol. The molecule has 5 heteroatoms. The summed E-state index contributed by atoms with van der Waals surface area (Å²) >= 11 is 0. The Morgan fingerprint density at radius 1 is 1.42 bits per heavy atom. The maximum Gasteiger partial charge on any atom is 0.250 e. The molecule has 0 heterocycles. The van der Waals surface area contributed by atoms with E-state index in [1.807, 2.05) is 6.07 Å². The van der Waals surface area contributed by atoms with Gasteiger partial charge in [0.15, 0.2) is 0 Å². The molecule has 0 fully saturated rings. The highest BCUT2D eigenvalue weighted by molar-refractivity contribution is 5.98. The van der Waals surface area contributed by atoms with Crippen LogP contribution in [-0.2, 0) is 4.74 Å². The molecule has 5 nitrogen and oxygen atoms in total. The van der Waals surface area contributed by atoms with E-state index in [2.05, 4.69) is 19.2 Å². The van der Waals surface area contributed by atoms with Crippen molar-refractivity contribution < 1.29 is 9.53 Å². The Morgan fingerprint density at radius 3 is 2.68 bits per heavy atom. The number of hydrogen-bond donors (Lipinski definition) is 3. The lowest BCUT2D eigenvalue weighted by Crippen LogP contribution is -2.25. The minimum atomic E-state index is -0.514. The SMILES string of the molecule is COCCC(C)(C)CNc1ccc(N)c(C(N)=O)c1. The molecule has 0 aromatic heterocycles. The Bertz CT molecular complexity index is 444. The van der Waals surface area contributed by atoms with Crippen molar-refractivity contribution in [2.75, 3.05) is 31.3 Å². The molecule has 0 bridgehead atoms. The number of anilines is 2. The van der Waals surface area contributed by atoms with Gasteiger partial charge in [0.05, 0.1) is 5.56 Å². The molecule has 106 valence electrons. The minimum Gasteiger partial charge on any atom is -0.398 e. The zero-order valence-electron chi connectivity index (χ0n) is 11.8. The second-order valence-corrected chi connectivity index (χ2v) is 5.43. The van der Waals surface area contributed by atoms with E-state index in [1.54, 1.807) is 19.2 Å². The van der Waals surface area contributed by atoms with E-state index in [1.165, 1.54) is 0 Å². The quantitative estimate of drug-likeness (QED) is 0.656. The number of amides is 1. The lowest BCUT2D eigenvalue weighted by molar-refractivity contribution is 0.100. The summed E-state index contributed by atoms with van der Waals surface area (Å²) in [7, 11) is 1.70. The van der Waals surface area contributed by atoms with Crippen molar-refractivity contribution in [1.82, 2.24) is 0 Å². The van der Waals surface area contributed by atoms with Crippen molar-refractivity contribution in [3.8, 4) is 0 Å². The molecule has 1 rings (SSSR count). The van der Waals surface area contributed by atoms with Gasteiger partial charge in [0.25, 0.3) is 5.91 Å². The molecule has 1 aromatic rings. The summed E-state index contributed by atoms with van der Waals surface area (Å²) in [5.41, 5.74) is 12.7. The van der Waals surface area contributed by atoms with Crippen molar-refractivity contribution in [3.63, 3.8) is 0 Å². The molecular formula is C14H23N3O2. The second-order valence-electron chi connectivity index (χ2n) is 5.43. The van der Waals surface area contributed by atoms with E-state index in [0.29, 0.717) is 11.3 Å². The monoisotopic (exact) mass is 265 g/mol. The fraction of sp³-hybridized carbons (Fsp3) is 0.500. The van der Waals surface area contributed by atoms with Gasteiger partial charge < -0.3 is 21.5 Å². The molecule has 0 saturated heterocycles. The summed E-state index contributed by atoms with van der Waals surface area (Å²) in [5.74, 6) is -0.514. The molecule has 0 unspecified atom stereocenters. The van der Waals surface area contributed by atoms with Crippen molar-refractivity contribution in [3.05, 3.63) is 23.8 Å². The van der Waals surface area contributed by atoms with Crippen LogP contribution in [0.15, 0.2) is 18.2 Å². The number of primary amides is 1. The topological polar surface area (TPSA) is 90.4 Å². The predicted octanol–water partition coefficient (Wildman–Crippen LogP) is 1.84. The number of carbonyl (C=O) groups excluding carboxylic acids is 1. The molecule has 0 aliphatic heterocycles. The molecule has 0 spiro atoms. The fourth-order valence-electron chi connectivity index (χ4n) is 1.69. The van der Waals surface area contributed by atoms with Gasteiger partial charge in [-0.3, -0.25) is 4.79 Å². The molecule has 1 amide bonds. The lowest BCUT2D eigenvalue weighted by atomic mass is 9.89. The minimum absolute atomic E-state index is 0.101. The van der Waals surface area contributed by atoms with Gasteiger partial charge >= 0.3 is 0 Å². The number of nitrogen functional groups attached to an aromatic ring is 1. The van der Waals surface area contributed by atoms with Crippen molar-refractivity contribution in [2.24, 2.45) is 11.1 Å². The molecule has 5 N–H and O–H groups in total. The summed E-state index contributed by atoms with van der Waals surface area (Å²) in [5, 5.41) is 3.30. The van der Waals surface area contributed by atoms with Crippen LogP contribution in [-0.4, -0.2) is 26.2 Å². The fourth-order valence-corrected chi connectivity index (χ4v) is 1.69. The number of carbonyl (C=O) groups is 1. The first-order valence-electron chi connectivity index (χ1n) is 6.28. The van der Waals surface area contributed by atoms with Gasteiger partial charge in [0, 0.05) is 31.6 Å². The summed E-state index contributed by atoms with van der Waals surface area (Å²) in [6, 6.07) is 5.21. The summed E-state index contributed by atoms with van der Waals surface area (Å²) in [6.07, 6.45) is 0.953. The first-order chi connectivity index (χ1) is 8.85. The van der Waals surface area contributed by atoms with Gasteiger partial charge in [-0.25, -0.2) is 0 Å². The third kappa shape index (κ3) is 4.79. The molecule has 19 heavy (non-hydrogen) atoms. The lowest BCUT2D eigenvalue weighted by Gasteiger charge is -2.25. The van der Waals surface area contributed by atoms with Crippen LogP contribution in [0.5, 0.6) is 0 Å². The maximum absolute atomic E-state index is 11.2. The number of benzene rings is 1. The first kappa shape index (κ1) is 15.3. The summed E-state index contributed by atoms with van der Waals surface area (Å²) in [4.78, 5) is 11.2. The third-order valence-corrected chi connectivity index (χ3v) is 3.07. The average Bonchev–Trinajstić information content (AvgIpc) is 2.35. The molecule has 1 aromatic carbocycles. The van der Waals surface area contributed by atoms with Gasteiger partial charge in [-0.1, -0.05) is 13.8 Å². The van der Waals surface area contributed by atoms with E-state index in [-0.39, 0.29) is 5.41 Å². The van der Waals surface area contributed by atoms with Crippen LogP contribution in [0, 0.1) is 5.41 Å². The predicted molar refractivity (Wildman–Crippen MR) is 78.1 cm³/mol. The van der Waals surface area contributed by atoms with Gasteiger partial charge in [0.1, 0.15) is 0 Å². The van der Waals surface area contributed by atoms with Crippen molar-refractivity contribution in [1.29, 1.82) is 0 Å². The van der Waals surface area contributed by atoms with Gasteiger partial charge in [0.2, 0.25) is 0 Å². The molecule has 0 atom stereocenters.